The van der Waals surface area contributed by atoms with Crippen molar-refractivity contribution in [3.05, 3.63) is 59.9 Å². The molecule has 2 fully saturated rings. The Hall–Kier alpha value is -2.40. The quantitative estimate of drug-likeness (QED) is 0.609. The third-order valence-corrected chi connectivity index (χ3v) is 7.01. The molecule has 4 nitrogen and oxygen atoms in total. The molecule has 1 amide bonds. The molecule has 2 atom stereocenters. The number of nitrogens with one attached hydrogen (secondary N) is 1. The summed E-state index contributed by atoms with van der Waals surface area (Å²) < 4.78 is 20.5. The normalized spacial score (nSPS) is 23.1. The van der Waals surface area contributed by atoms with Crippen LogP contribution in [0.1, 0.15) is 51.5 Å². The minimum absolute atomic E-state index is 0.123. The van der Waals surface area contributed by atoms with Gasteiger partial charge < -0.3 is 10.1 Å². The molecule has 0 aromatic heterocycles. The van der Waals surface area contributed by atoms with Gasteiger partial charge >= 0.3 is 0 Å². The van der Waals surface area contributed by atoms with Crippen LogP contribution in [0, 0.1) is 17.7 Å². The van der Waals surface area contributed by atoms with Crippen LogP contribution in [0.25, 0.3) is 0 Å². The third kappa shape index (κ3) is 5.15. The van der Waals surface area contributed by atoms with Crippen molar-refractivity contribution in [2.45, 2.75) is 51.4 Å². The van der Waals surface area contributed by atoms with Gasteiger partial charge in [-0.3, -0.25) is 9.69 Å². The number of hydrogen-bond donors (Lipinski definition) is 1. The standard InChI is InChI=1S/C27H35FN2O2/c1-20-17-21(2)19-30(18-20)15-16-32-23-11-9-22(10-12-23)29-26(31)27(13-5-6-14-27)24-7-3-4-8-25(24)28/h3-4,7-12,20-21H,5-6,13-19H2,1-2H3,(H,29,31)/t20-,21-/m1/s1. The second-order valence-electron chi connectivity index (χ2n) is 9.80. The second kappa shape index (κ2) is 10.0. The molecular formula is C27H35FN2O2. The first-order valence-corrected chi connectivity index (χ1v) is 12.0. The number of hydrogen-bond acceptors (Lipinski definition) is 3. The fourth-order valence-corrected chi connectivity index (χ4v) is 5.60. The van der Waals surface area contributed by atoms with Crippen LogP contribution in [0.4, 0.5) is 10.1 Å². The second-order valence-corrected chi connectivity index (χ2v) is 9.80. The van der Waals surface area contributed by atoms with Gasteiger partial charge in [0.25, 0.3) is 0 Å². The number of nitrogens with zero attached hydrogens (tertiary/aromatic N) is 1. The number of anilines is 1. The number of rotatable bonds is 7. The van der Waals surface area contributed by atoms with Crippen molar-refractivity contribution >= 4 is 11.6 Å². The fraction of sp³-hybridized carbons (Fsp3) is 0.519. The smallest absolute Gasteiger partial charge is 0.235 e. The molecule has 1 saturated heterocycles. The number of halogens is 1. The molecule has 1 saturated carbocycles. The minimum atomic E-state index is -0.788. The van der Waals surface area contributed by atoms with Crippen molar-refractivity contribution in [3.63, 3.8) is 0 Å². The molecule has 0 bridgehead atoms. The molecule has 5 heteroatoms. The lowest BCUT2D eigenvalue weighted by molar-refractivity contribution is -0.121. The van der Waals surface area contributed by atoms with Gasteiger partial charge in [0, 0.05) is 30.9 Å². The number of carbonyl (C=O) groups excluding carboxylic acids is 1. The van der Waals surface area contributed by atoms with Gasteiger partial charge in [0.2, 0.25) is 5.91 Å². The van der Waals surface area contributed by atoms with E-state index in [2.05, 4.69) is 24.1 Å². The molecule has 172 valence electrons. The largest absolute Gasteiger partial charge is 0.492 e. The Kier molecular flexibility index (Phi) is 7.14. The van der Waals surface area contributed by atoms with E-state index in [1.807, 2.05) is 30.3 Å². The Morgan fingerprint density at radius 3 is 2.38 bits per heavy atom. The summed E-state index contributed by atoms with van der Waals surface area (Å²) in [6.45, 7) is 8.50. The zero-order valence-corrected chi connectivity index (χ0v) is 19.3. The summed E-state index contributed by atoms with van der Waals surface area (Å²) in [4.78, 5) is 15.7. The topological polar surface area (TPSA) is 41.6 Å². The van der Waals surface area contributed by atoms with E-state index in [0.29, 0.717) is 30.7 Å². The van der Waals surface area contributed by atoms with E-state index in [1.54, 1.807) is 12.1 Å². The highest BCUT2D eigenvalue weighted by atomic mass is 19.1. The Bertz CT molecular complexity index is 898. The van der Waals surface area contributed by atoms with Crippen molar-refractivity contribution in [2.24, 2.45) is 11.8 Å². The average Bonchev–Trinajstić information content (AvgIpc) is 3.26. The lowest BCUT2D eigenvalue weighted by Gasteiger charge is -2.34. The van der Waals surface area contributed by atoms with Crippen molar-refractivity contribution in [2.75, 3.05) is 31.6 Å². The van der Waals surface area contributed by atoms with Crippen molar-refractivity contribution in [3.8, 4) is 5.75 Å². The summed E-state index contributed by atoms with van der Waals surface area (Å²) in [5.41, 5.74) is 0.434. The van der Waals surface area contributed by atoms with Gasteiger partial charge in [0.05, 0.1) is 5.41 Å². The van der Waals surface area contributed by atoms with Crippen LogP contribution in [0.2, 0.25) is 0 Å². The Balaban J connectivity index is 1.34. The highest BCUT2D eigenvalue weighted by Gasteiger charge is 2.44. The number of carbonyl (C=O) groups is 1. The summed E-state index contributed by atoms with van der Waals surface area (Å²) in [6.07, 6.45) is 4.53. The maximum atomic E-state index is 14.5. The van der Waals surface area contributed by atoms with E-state index in [-0.39, 0.29) is 11.7 Å². The van der Waals surface area contributed by atoms with Crippen LogP contribution < -0.4 is 10.1 Å². The van der Waals surface area contributed by atoms with Gasteiger partial charge in [-0.25, -0.2) is 4.39 Å². The molecule has 0 radical (unpaired) electrons. The molecule has 2 aromatic carbocycles. The van der Waals surface area contributed by atoms with Crippen LogP contribution in [-0.2, 0) is 10.2 Å². The van der Waals surface area contributed by atoms with Crippen molar-refractivity contribution in [1.82, 2.24) is 4.90 Å². The van der Waals surface area contributed by atoms with Crippen LogP contribution >= 0.6 is 0 Å². The number of amides is 1. The zero-order valence-electron chi connectivity index (χ0n) is 19.3. The minimum Gasteiger partial charge on any atom is -0.492 e. The molecule has 0 unspecified atom stereocenters. The Morgan fingerprint density at radius 1 is 1.06 bits per heavy atom. The molecule has 4 rings (SSSR count). The maximum Gasteiger partial charge on any atom is 0.235 e. The van der Waals surface area contributed by atoms with E-state index in [0.717, 1.165) is 50.1 Å². The predicted octanol–water partition coefficient (Wildman–Crippen LogP) is 5.63. The van der Waals surface area contributed by atoms with Crippen molar-refractivity contribution < 1.29 is 13.9 Å². The lowest BCUT2D eigenvalue weighted by atomic mass is 9.77. The van der Waals surface area contributed by atoms with E-state index < -0.39 is 5.41 Å². The summed E-state index contributed by atoms with van der Waals surface area (Å²) in [5.74, 6) is 1.86. The highest BCUT2D eigenvalue weighted by molar-refractivity contribution is 5.99. The number of ether oxygens (including phenoxy) is 1. The molecule has 1 N–H and O–H groups in total. The monoisotopic (exact) mass is 438 g/mol. The highest BCUT2D eigenvalue weighted by Crippen LogP contribution is 2.43. The Morgan fingerprint density at radius 2 is 1.72 bits per heavy atom. The number of benzene rings is 2. The Labute approximate surface area is 191 Å². The summed E-state index contributed by atoms with van der Waals surface area (Å²) in [7, 11) is 0. The first-order valence-electron chi connectivity index (χ1n) is 12.0. The molecule has 32 heavy (non-hydrogen) atoms. The molecule has 2 aromatic rings. The van der Waals surface area contributed by atoms with Gasteiger partial charge in [0.1, 0.15) is 18.2 Å². The van der Waals surface area contributed by atoms with Crippen LogP contribution in [-0.4, -0.2) is 37.0 Å². The van der Waals surface area contributed by atoms with Gasteiger partial charge in [-0.15, -0.1) is 0 Å². The molecule has 2 aliphatic rings. The third-order valence-electron chi connectivity index (χ3n) is 7.01. The molecular weight excluding hydrogens is 403 g/mol. The molecule has 0 spiro atoms. The zero-order chi connectivity index (χ0) is 22.6. The first kappa shape index (κ1) is 22.8. The van der Waals surface area contributed by atoms with Gasteiger partial charge in [-0.2, -0.15) is 0 Å². The van der Waals surface area contributed by atoms with Gasteiger partial charge in [0.15, 0.2) is 0 Å². The van der Waals surface area contributed by atoms with E-state index in [1.165, 1.54) is 12.5 Å². The van der Waals surface area contributed by atoms with Crippen LogP contribution in [0.15, 0.2) is 48.5 Å². The van der Waals surface area contributed by atoms with Gasteiger partial charge in [-0.1, -0.05) is 44.9 Å². The predicted molar refractivity (Wildman–Crippen MR) is 126 cm³/mol. The van der Waals surface area contributed by atoms with E-state index in [9.17, 15) is 9.18 Å². The molecule has 1 aliphatic carbocycles. The molecule has 1 heterocycles. The summed E-state index contributed by atoms with van der Waals surface area (Å²) >= 11 is 0. The summed E-state index contributed by atoms with van der Waals surface area (Å²) in [6, 6.07) is 14.2. The lowest BCUT2D eigenvalue weighted by Crippen LogP contribution is -2.40. The summed E-state index contributed by atoms with van der Waals surface area (Å²) in [5, 5.41) is 3.03. The van der Waals surface area contributed by atoms with Gasteiger partial charge in [-0.05, 0) is 61.4 Å². The van der Waals surface area contributed by atoms with Crippen LogP contribution in [0.3, 0.4) is 0 Å². The van der Waals surface area contributed by atoms with E-state index >= 15 is 0 Å². The SMILES string of the molecule is C[C@@H]1C[C@@H](C)CN(CCOc2ccc(NC(=O)C3(c4ccccc4F)CCCC3)cc2)C1. The molecule has 1 aliphatic heterocycles. The number of likely N-dealkylation sites (tertiary alicyclic amines) is 1. The fourth-order valence-electron chi connectivity index (χ4n) is 5.60. The maximum absolute atomic E-state index is 14.5. The number of piperidine rings is 1. The average molecular weight is 439 g/mol. The van der Waals surface area contributed by atoms with E-state index in [4.69, 9.17) is 4.74 Å². The first-order chi connectivity index (χ1) is 15.5. The van der Waals surface area contributed by atoms with Crippen LogP contribution in [0.5, 0.6) is 5.75 Å². The van der Waals surface area contributed by atoms with Crippen molar-refractivity contribution in [1.29, 1.82) is 0 Å².